The number of nitrogens with zero attached hydrogens (tertiary/aromatic N) is 2. The first kappa shape index (κ1) is 19.8. The van der Waals surface area contributed by atoms with Gasteiger partial charge >= 0.3 is 5.97 Å². The van der Waals surface area contributed by atoms with Crippen LogP contribution in [0, 0.1) is 16.0 Å². The Labute approximate surface area is 151 Å². The number of carbonyl (C=O) groups excluding carboxylic acids is 2. The molecule has 9 nitrogen and oxygen atoms in total. The second-order valence-electron chi connectivity index (χ2n) is 6.03. The van der Waals surface area contributed by atoms with Crippen LogP contribution in [0.1, 0.15) is 30.1 Å². The molecule has 0 radical (unpaired) electrons. The van der Waals surface area contributed by atoms with Crippen molar-refractivity contribution in [2.24, 2.45) is 5.92 Å². The Morgan fingerprint density at radius 1 is 1.31 bits per heavy atom. The maximum atomic E-state index is 12.6. The molecule has 0 unspecified atom stereocenters. The number of piperidine rings is 1. The lowest BCUT2D eigenvalue weighted by Gasteiger charge is -2.30. The highest BCUT2D eigenvalue weighted by Crippen LogP contribution is 2.27. The van der Waals surface area contributed by atoms with E-state index in [4.69, 9.17) is 4.74 Å². The average Bonchev–Trinajstić information content (AvgIpc) is 2.60. The van der Waals surface area contributed by atoms with E-state index in [2.05, 4.69) is 0 Å². The van der Waals surface area contributed by atoms with Gasteiger partial charge in [-0.2, -0.15) is 0 Å². The number of likely N-dealkylation sites (tertiary alicyclic amines) is 1. The molecule has 1 aromatic carbocycles. The zero-order chi connectivity index (χ0) is 19.5. The minimum atomic E-state index is -3.79. The largest absolute Gasteiger partial charge is 0.466 e. The van der Waals surface area contributed by atoms with Gasteiger partial charge < -0.3 is 9.64 Å². The van der Waals surface area contributed by atoms with Gasteiger partial charge in [-0.15, -0.1) is 0 Å². The first-order chi connectivity index (χ1) is 12.1. The van der Waals surface area contributed by atoms with Gasteiger partial charge in [-0.1, -0.05) is 0 Å². The third-order valence-corrected chi connectivity index (χ3v) is 5.35. The number of hydrogen-bond acceptors (Lipinski definition) is 7. The predicted octanol–water partition coefficient (Wildman–Crippen LogP) is 1.41. The highest BCUT2D eigenvalue weighted by molar-refractivity contribution is 7.90. The van der Waals surface area contributed by atoms with Crippen LogP contribution in [0.4, 0.5) is 5.69 Å². The van der Waals surface area contributed by atoms with Gasteiger partial charge in [-0.3, -0.25) is 19.7 Å². The SMILES string of the molecule is CCOC(=O)C1CCN(C(=O)c2ccc(S(C)(=O)=O)c([N+](=O)[O-])c2)CC1. The molecule has 0 N–H and O–H groups in total. The number of nitro groups is 1. The van der Waals surface area contributed by atoms with Crippen LogP contribution >= 0.6 is 0 Å². The van der Waals surface area contributed by atoms with Crippen LogP contribution in [0.15, 0.2) is 23.1 Å². The molecule has 0 atom stereocenters. The lowest BCUT2D eigenvalue weighted by atomic mass is 9.96. The van der Waals surface area contributed by atoms with Crippen LogP contribution in [0.5, 0.6) is 0 Å². The summed E-state index contributed by atoms with van der Waals surface area (Å²) in [6.07, 6.45) is 1.78. The van der Waals surface area contributed by atoms with Gasteiger partial charge in [-0.25, -0.2) is 8.42 Å². The smallest absolute Gasteiger partial charge is 0.309 e. The van der Waals surface area contributed by atoms with Crippen molar-refractivity contribution in [1.29, 1.82) is 0 Å². The molecule has 142 valence electrons. The molecule has 1 fully saturated rings. The zero-order valence-corrected chi connectivity index (χ0v) is 15.3. The average molecular weight is 384 g/mol. The summed E-state index contributed by atoms with van der Waals surface area (Å²) in [5, 5.41) is 11.2. The number of amides is 1. The van der Waals surface area contributed by atoms with E-state index in [1.165, 1.54) is 11.0 Å². The monoisotopic (exact) mass is 384 g/mol. The van der Waals surface area contributed by atoms with Gasteiger partial charge in [0.05, 0.1) is 17.4 Å². The molecule has 2 rings (SSSR count). The van der Waals surface area contributed by atoms with Crippen LogP contribution < -0.4 is 0 Å². The summed E-state index contributed by atoms with van der Waals surface area (Å²) in [7, 11) is -3.79. The molecule has 0 aromatic heterocycles. The minimum absolute atomic E-state index is 0.0404. The van der Waals surface area contributed by atoms with Crippen molar-refractivity contribution < 1.29 is 27.7 Å². The molecule has 0 bridgehead atoms. The van der Waals surface area contributed by atoms with Crippen molar-refractivity contribution >= 4 is 27.4 Å². The molecule has 26 heavy (non-hydrogen) atoms. The van der Waals surface area contributed by atoms with Crippen LogP contribution in [-0.2, 0) is 19.4 Å². The summed E-state index contributed by atoms with van der Waals surface area (Å²) in [5.41, 5.74) is -0.585. The van der Waals surface area contributed by atoms with E-state index in [0.29, 0.717) is 32.5 Å². The van der Waals surface area contributed by atoms with Crippen LogP contribution in [0.25, 0.3) is 0 Å². The van der Waals surface area contributed by atoms with Gasteiger partial charge in [-0.05, 0) is 31.9 Å². The number of carbonyl (C=O) groups is 2. The van der Waals surface area contributed by atoms with Crippen molar-refractivity contribution in [2.75, 3.05) is 26.0 Å². The summed E-state index contributed by atoms with van der Waals surface area (Å²) in [5.74, 6) is -0.982. The molecule has 0 saturated carbocycles. The summed E-state index contributed by atoms with van der Waals surface area (Å²) >= 11 is 0. The molecular weight excluding hydrogens is 364 g/mol. The van der Waals surface area contributed by atoms with Gasteiger partial charge in [0, 0.05) is 31.0 Å². The normalized spacial score (nSPS) is 15.5. The first-order valence-electron chi connectivity index (χ1n) is 8.09. The predicted molar refractivity (Wildman–Crippen MR) is 91.5 cm³/mol. The number of ether oxygens (including phenoxy) is 1. The quantitative estimate of drug-likeness (QED) is 0.427. The third-order valence-electron chi connectivity index (χ3n) is 4.20. The number of nitro benzene ring substituents is 1. The van der Waals surface area contributed by atoms with E-state index in [0.717, 1.165) is 18.4 Å². The minimum Gasteiger partial charge on any atom is -0.466 e. The van der Waals surface area contributed by atoms with Crippen LogP contribution in [0.2, 0.25) is 0 Å². The molecule has 1 saturated heterocycles. The second kappa shape index (κ2) is 7.81. The topological polar surface area (TPSA) is 124 Å². The molecule has 10 heteroatoms. The van der Waals surface area contributed by atoms with Crippen molar-refractivity contribution in [3.8, 4) is 0 Å². The number of sulfone groups is 1. The molecule has 1 aromatic rings. The Morgan fingerprint density at radius 3 is 2.42 bits per heavy atom. The lowest BCUT2D eigenvalue weighted by Crippen LogP contribution is -2.40. The van der Waals surface area contributed by atoms with Crippen molar-refractivity contribution in [1.82, 2.24) is 4.90 Å². The Hall–Kier alpha value is -2.49. The Balaban J connectivity index is 2.17. The lowest BCUT2D eigenvalue weighted by molar-refractivity contribution is -0.387. The standard InChI is InChI=1S/C16H20N2O7S/c1-3-25-16(20)11-6-8-17(9-7-11)15(19)12-4-5-14(26(2,23)24)13(10-12)18(21)22/h4-5,10-11H,3,6-9H2,1-2H3. The summed E-state index contributed by atoms with van der Waals surface area (Å²) in [4.78, 5) is 35.7. The van der Waals surface area contributed by atoms with E-state index in [1.807, 2.05) is 0 Å². The Bertz CT molecular complexity index is 827. The third kappa shape index (κ3) is 4.37. The number of rotatable bonds is 5. The number of benzene rings is 1. The second-order valence-corrected chi connectivity index (χ2v) is 8.01. The van der Waals surface area contributed by atoms with E-state index in [9.17, 15) is 28.1 Å². The summed E-state index contributed by atoms with van der Waals surface area (Å²) < 4.78 is 28.3. The molecule has 0 aliphatic carbocycles. The summed E-state index contributed by atoms with van der Waals surface area (Å²) in [6, 6.07) is 3.32. The van der Waals surface area contributed by atoms with Crippen molar-refractivity contribution in [3.05, 3.63) is 33.9 Å². The summed E-state index contributed by atoms with van der Waals surface area (Å²) in [6.45, 7) is 2.67. The van der Waals surface area contributed by atoms with Gasteiger partial charge in [0.2, 0.25) is 0 Å². The maximum absolute atomic E-state index is 12.6. The van der Waals surface area contributed by atoms with Gasteiger partial charge in [0.1, 0.15) is 4.90 Å². The Kier molecular flexibility index (Phi) is 5.96. The first-order valence-corrected chi connectivity index (χ1v) is 9.98. The fourth-order valence-corrected chi connectivity index (χ4v) is 3.70. The fourth-order valence-electron chi connectivity index (χ4n) is 2.87. The van der Waals surface area contributed by atoms with Gasteiger partial charge in [0.15, 0.2) is 9.84 Å². The van der Waals surface area contributed by atoms with E-state index < -0.39 is 31.3 Å². The number of esters is 1. The van der Waals surface area contributed by atoms with E-state index in [1.54, 1.807) is 6.92 Å². The van der Waals surface area contributed by atoms with E-state index in [-0.39, 0.29) is 17.5 Å². The Morgan fingerprint density at radius 2 is 1.92 bits per heavy atom. The van der Waals surface area contributed by atoms with Crippen molar-refractivity contribution in [3.63, 3.8) is 0 Å². The molecule has 1 aliphatic rings. The molecule has 0 spiro atoms. The fraction of sp³-hybridized carbons (Fsp3) is 0.500. The molecule has 1 aliphatic heterocycles. The maximum Gasteiger partial charge on any atom is 0.309 e. The molecular formula is C16H20N2O7S. The van der Waals surface area contributed by atoms with Gasteiger partial charge in [0.25, 0.3) is 11.6 Å². The highest BCUT2D eigenvalue weighted by atomic mass is 32.2. The van der Waals surface area contributed by atoms with E-state index >= 15 is 0 Å². The molecule has 1 heterocycles. The van der Waals surface area contributed by atoms with Crippen LogP contribution in [0.3, 0.4) is 0 Å². The van der Waals surface area contributed by atoms with Crippen molar-refractivity contribution in [2.45, 2.75) is 24.7 Å². The zero-order valence-electron chi connectivity index (χ0n) is 14.5. The highest BCUT2D eigenvalue weighted by Gasteiger charge is 2.30. The molecule has 1 amide bonds. The number of hydrogen-bond donors (Lipinski definition) is 0. The van der Waals surface area contributed by atoms with Crippen LogP contribution in [-0.4, -0.2) is 56.1 Å².